The van der Waals surface area contributed by atoms with Crippen molar-refractivity contribution >= 4 is 5.91 Å². The SMILES string of the molecule is CCCCCCO.[La].[NH-]C(=O)Cc1ccccc1. The molecule has 0 aliphatic heterocycles. The minimum Gasteiger partial charge on any atom is -0.667 e. The Hall–Kier alpha value is -0.155. The number of rotatable bonds is 6. The Kier molecular flexibility index (Phi) is 16.7. The van der Waals surface area contributed by atoms with Crippen molar-refractivity contribution in [3.63, 3.8) is 0 Å². The summed E-state index contributed by atoms with van der Waals surface area (Å²) in [5, 5.41) is 8.29. The van der Waals surface area contributed by atoms with E-state index in [0.29, 0.717) is 6.61 Å². The third-order valence-corrected chi connectivity index (χ3v) is 2.22. The first-order valence-corrected chi connectivity index (χ1v) is 6.10. The molecule has 0 spiro atoms. The van der Waals surface area contributed by atoms with Gasteiger partial charge in [-0.1, -0.05) is 56.5 Å². The van der Waals surface area contributed by atoms with Crippen LogP contribution in [0.3, 0.4) is 0 Å². The topological polar surface area (TPSA) is 61.1 Å². The number of carbonyl (C=O) groups excluding carboxylic acids is 1. The number of nitrogens with one attached hydrogen (secondary N) is 1. The molecule has 0 fully saturated rings. The van der Waals surface area contributed by atoms with Gasteiger partial charge in [0.15, 0.2) is 0 Å². The van der Waals surface area contributed by atoms with Crippen LogP contribution in [0.5, 0.6) is 0 Å². The summed E-state index contributed by atoms with van der Waals surface area (Å²) in [4.78, 5) is 10.3. The molecule has 0 aliphatic rings. The van der Waals surface area contributed by atoms with Crippen molar-refractivity contribution in [1.29, 1.82) is 0 Å². The average Bonchev–Trinajstić information content (AvgIpc) is 2.31. The van der Waals surface area contributed by atoms with Gasteiger partial charge in [-0.3, -0.25) is 0 Å². The maximum atomic E-state index is 10.3. The molecule has 4 heteroatoms. The number of aliphatic hydroxyl groups excluding tert-OH is 1. The van der Waals surface area contributed by atoms with Crippen LogP contribution in [0.2, 0.25) is 0 Å². The number of amides is 1. The summed E-state index contributed by atoms with van der Waals surface area (Å²) < 4.78 is 0. The molecule has 1 amide bonds. The summed E-state index contributed by atoms with van der Waals surface area (Å²) in [7, 11) is 0. The second-order valence-electron chi connectivity index (χ2n) is 3.87. The van der Waals surface area contributed by atoms with E-state index in [1.807, 2.05) is 30.3 Å². The van der Waals surface area contributed by atoms with Gasteiger partial charge in [-0.15, -0.1) is 0 Å². The van der Waals surface area contributed by atoms with E-state index in [4.69, 9.17) is 10.8 Å². The largest absolute Gasteiger partial charge is 0.667 e. The number of carbonyl (C=O) groups is 1. The number of aliphatic hydroxyl groups is 1. The molecular weight excluding hydrogens is 353 g/mol. The zero-order valence-electron chi connectivity index (χ0n) is 11.1. The van der Waals surface area contributed by atoms with Crippen LogP contribution < -0.4 is 0 Å². The second-order valence-corrected chi connectivity index (χ2v) is 3.87. The van der Waals surface area contributed by atoms with Crippen molar-refractivity contribution in [2.75, 3.05) is 6.61 Å². The van der Waals surface area contributed by atoms with Crippen molar-refractivity contribution in [3.8, 4) is 0 Å². The fraction of sp³-hybridized carbons (Fsp3) is 0.500. The Balaban J connectivity index is 0. The van der Waals surface area contributed by atoms with Crippen LogP contribution in [0.25, 0.3) is 5.73 Å². The van der Waals surface area contributed by atoms with E-state index in [2.05, 4.69) is 6.92 Å². The van der Waals surface area contributed by atoms with Crippen molar-refractivity contribution in [1.82, 2.24) is 0 Å². The van der Waals surface area contributed by atoms with Gasteiger partial charge in [0.2, 0.25) is 0 Å². The van der Waals surface area contributed by atoms with Crippen LogP contribution in [-0.4, -0.2) is 17.6 Å². The Bertz CT molecular complexity index is 287. The Labute approximate surface area is 138 Å². The fourth-order valence-electron chi connectivity index (χ4n) is 1.32. The van der Waals surface area contributed by atoms with E-state index in [1.165, 1.54) is 19.3 Å². The minimum atomic E-state index is -0.536. The van der Waals surface area contributed by atoms with Crippen LogP contribution in [0.4, 0.5) is 0 Å². The minimum absolute atomic E-state index is 0. The van der Waals surface area contributed by atoms with Crippen LogP contribution in [-0.2, 0) is 11.2 Å². The molecule has 18 heavy (non-hydrogen) atoms. The van der Waals surface area contributed by atoms with Crippen LogP contribution in [0.15, 0.2) is 30.3 Å². The molecule has 0 aromatic heterocycles. The number of hydrogen-bond donors (Lipinski definition) is 1. The normalized spacial score (nSPS) is 8.78. The van der Waals surface area contributed by atoms with Gasteiger partial charge in [0.1, 0.15) is 0 Å². The number of benzene rings is 1. The Morgan fingerprint density at radius 3 is 2.22 bits per heavy atom. The van der Waals surface area contributed by atoms with Gasteiger partial charge >= 0.3 is 0 Å². The molecule has 0 saturated heterocycles. The van der Waals surface area contributed by atoms with Crippen LogP contribution in [0.1, 0.15) is 38.2 Å². The molecule has 3 nitrogen and oxygen atoms in total. The van der Waals surface area contributed by atoms with Crippen LogP contribution in [0, 0.1) is 35.6 Å². The first-order valence-electron chi connectivity index (χ1n) is 6.10. The third kappa shape index (κ3) is 13.9. The molecule has 99 valence electrons. The molecule has 0 aliphatic carbocycles. The maximum absolute atomic E-state index is 10.3. The molecule has 0 heterocycles. The van der Waals surface area contributed by atoms with E-state index in [9.17, 15) is 4.79 Å². The number of hydrogen-bond acceptors (Lipinski definition) is 2. The molecule has 0 atom stereocenters. The standard InChI is InChI=1S/C8H9NO.C6H14O.La/c9-8(10)6-7-4-2-1-3-5-7;1-2-3-4-5-6-7;/h1-5H,6H2,(H2,9,10);7H,2-6H2,1H3;/p-1. The van der Waals surface area contributed by atoms with Gasteiger partial charge in [0, 0.05) is 48.6 Å². The van der Waals surface area contributed by atoms with Gasteiger partial charge in [-0.2, -0.15) is 0 Å². The van der Waals surface area contributed by atoms with Crippen molar-refractivity contribution < 1.29 is 45.5 Å². The molecule has 2 N–H and O–H groups in total. The van der Waals surface area contributed by atoms with E-state index < -0.39 is 5.91 Å². The first kappa shape index (κ1) is 20.2. The van der Waals surface area contributed by atoms with Crippen LogP contribution >= 0.6 is 0 Å². The van der Waals surface area contributed by atoms with E-state index in [-0.39, 0.29) is 42.0 Å². The fourth-order valence-corrected chi connectivity index (χ4v) is 1.32. The molecule has 1 rings (SSSR count). The van der Waals surface area contributed by atoms with Crippen molar-refractivity contribution in [3.05, 3.63) is 41.6 Å². The van der Waals surface area contributed by atoms with Crippen molar-refractivity contribution in [2.24, 2.45) is 0 Å². The number of unbranched alkanes of at least 4 members (excludes halogenated alkanes) is 3. The summed E-state index contributed by atoms with van der Waals surface area (Å²) in [6.45, 7) is 2.53. The molecule has 0 bridgehead atoms. The average molecular weight is 375 g/mol. The Morgan fingerprint density at radius 1 is 1.17 bits per heavy atom. The van der Waals surface area contributed by atoms with Gasteiger partial charge < -0.3 is 15.6 Å². The molecule has 1 aromatic carbocycles. The molecule has 0 unspecified atom stereocenters. The molecule has 1 aromatic rings. The summed E-state index contributed by atoms with van der Waals surface area (Å²) >= 11 is 0. The monoisotopic (exact) mass is 375 g/mol. The predicted octanol–water partition coefficient (Wildman–Crippen LogP) is 3.37. The second kappa shape index (κ2) is 14.9. The zero-order chi connectivity index (χ0) is 12.9. The summed E-state index contributed by atoms with van der Waals surface area (Å²) in [5.41, 5.74) is 7.58. The van der Waals surface area contributed by atoms with Gasteiger partial charge in [-0.25, -0.2) is 0 Å². The predicted molar refractivity (Wildman–Crippen MR) is 70.7 cm³/mol. The Morgan fingerprint density at radius 2 is 1.78 bits per heavy atom. The zero-order valence-corrected chi connectivity index (χ0v) is 14.7. The smallest absolute Gasteiger partial charge is 0.0532 e. The maximum Gasteiger partial charge on any atom is 0.0532 e. The van der Waals surface area contributed by atoms with Gasteiger partial charge in [0.25, 0.3) is 0 Å². The molecule has 1 radical (unpaired) electrons. The van der Waals surface area contributed by atoms with E-state index >= 15 is 0 Å². The van der Waals surface area contributed by atoms with Crippen molar-refractivity contribution in [2.45, 2.75) is 39.0 Å². The molecule has 0 saturated carbocycles. The summed E-state index contributed by atoms with van der Waals surface area (Å²) in [5.74, 6) is -0.536. The quantitative estimate of drug-likeness (QED) is 0.775. The first-order chi connectivity index (χ1) is 8.20. The van der Waals surface area contributed by atoms with E-state index in [0.717, 1.165) is 12.0 Å². The van der Waals surface area contributed by atoms with Gasteiger partial charge in [0.05, 0.1) is 5.91 Å². The summed E-state index contributed by atoms with van der Waals surface area (Å²) in [6, 6.07) is 9.29. The third-order valence-electron chi connectivity index (χ3n) is 2.22. The summed E-state index contributed by atoms with van der Waals surface area (Å²) in [6.07, 6.45) is 4.90. The van der Waals surface area contributed by atoms with Gasteiger partial charge in [-0.05, 0) is 12.0 Å². The molecular formula is C14H22LaNO2-. The van der Waals surface area contributed by atoms with E-state index in [1.54, 1.807) is 0 Å².